The van der Waals surface area contributed by atoms with Gasteiger partial charge in [0.2, 0.25) is 5.79 Å². The lowest BCUT2D eigenvalue weighted by Crippen LogP contribution is -2.63. The molecule has 1 saturated carbocycles. The Labute approximate surface area is 333 Å². The number of alkyl halides is 1. The van der Waals surface area contributed by atoms with Crippen LogP contribution in [0.2, 0.25) is 0 Å². The molecule has 14 atom stereocenters. The fourth-order valence-electron chi connectivity index (χ4n) is 9.51. The second-order valence-corrected chi connectivity index (χ2v) is 17.9. The highest BCUT2D eigenvalue weighted by Gasteiger charge is 2.55. The number of aliphatic hydroxyl groups excluding tert-OH is 1. The van der Waals surface area contributed by atoms with E-state index in [1.54, 1.807) is 28.1 Å². The van der Waals surface area contributed by atoms with Gasteiger partial charge in [0.05, 0.1) is 29.8 Å². The van der Waals surface area contributed by atoms with Crippen molar-refractivity contribution in [1.29, 1.82) is 0 Å². The number of amides is 1. The predicted octanol–water partition coefficient (Wildman–Crippen LogP) is 6.34. The molecule has 0 aromatic carbocycles. The van der Waals surface area contributed by atoms with Crippen LogP contribution in [0, 0.1) is 35.5 Å². The van der Waals surface area contributed by atoms with Crippen molar-refractivity contribution in [3.05, 3.63) is 23.3 Å². The molecule has 4 aliphatic rings. The molecule has 2 bridgehead atoms. The summed E-state index contributed by atoms with van der Waals surface area (Å²) in [4.78, 5) is 57.6. The Morgan fingerprint density at radius 3 is 2.35 bits per heavy atom. The zero-order valence-electron chi connectivity index (χ0n) is 34.6. The summed E-state index contributed by atoms with van der Waals surface area (Å²) in [6.45, 7) is 13.5. The zero-order chi connectivity index (χ0) is 40.8. The van der Waals surface area contributed by atoms with Gasteiger partial charge in [0.15, 0.2) is 0 Å². The van der Waals surface area contributed by atoms with Crippen molar-refractivity contribution < 1.29 is 48.3 Å². The van der Waals surface area contributed by atoms with E-state index in [1.807, 2.05) is 33.8 Å². The summed E-state index contributed by atoms with van der Waals surface area (Å²) in [6, 6.07) is -1.09. The minimum Gasteiger partial charge on any atom is -0.456 e. The molecule has 3 fully saturated rings. The average Bonchev–Trinajstić information content (AvgIpc) is 3.15. The van der Waals surface area contributed by atoms with Gasteiger partial charge in [-0.3, -0.25) is 14.4 Å². The first-order chi connectivity index (χ1) is 25.9. The third kappa shape index (κ3) is 10.9. The van der Waals surface area contributed by atoms with Crippen LogP contribution in [-0.4, -0.2) is 107 Å². The monoisotopic (exact) mass is 793 g/mol. The van der Waals surface area contributed by atoms with Crippen LogP contribution in [0.25, 0.3) is 0 Å². The highest BCUT2D eigenvalue weighted by atomic mass is 35.5. The predicted molar refractivity (Wildman–Crippen MR) is 210 cm³/mol. The standard InChI is InChI=1S/C43H68ClNO10/c1-10-31-18-24(2)17-25(3)19-37(53-9)39-26(4)20-28(6)43(51,55-39)40(48)41(49)45-16-12-11-13-33(45)42(50)54-38(29(7)34(46)23-35(31)47)27(5)21-30-14-15-32(44)36(22-30)52-8/h18,21,25-26,28-34,36-39,46,51H,10-17,19-20,22-23H2,1-9H3/b24-18+,27-21+/t25-,26?,28?,29+,30-,31+,32?,33-,34-,36?,37-,38+,39-,43?/m0/s1. The summed E-state index contributed by atoms with van der Waals surface area (Å²) >= 11 is 6.52. The number of carbonyl (C=O) groups is 4. The molecular formula is C43H68ClNO10. The van der Waals surface area contributed by atoms with E-state index in [1.165, 1.54) is 4.90 Å². The number of halogens is 1. The van der Waals surface area contributed by atoms with Crippen molar-refractivity contribution in [2.75, 3.05) is 20.8 Å². The van der Waals surface area contributed by atoms with Crippen molar-refractivity contribution in [3.63, 3.8) is 0 Å². The Hall–Kier alpha value is -2.15. The molecule has 0 radical (unpaired) electrons. The molecule has 3 aliphatic heterocycles. The number of cyclic esters (lactones) is 1. The Morgan fingerprint density at radius 1 is 1.00 bits per heavy atom. The number of hydrogen-bond acceptors (Lipinski definition) is 10. The van der Waals surface area contributed by atoms with Gasteiger partial charge in [-0.1, -0.05) is 52.3 Å². The Kier molecular flexibility index (Phi) is 16.6. The SMILES string of the molecule is CC[C@@H]1/C=C(\C)C[C@H](C)C[C@H](OC)[C@H]2OC(O)(C(=O)C(=O)N3CCCC[C@H]3C(=O)O[C@H](/C(C)=C/[C@@H]3CCC(Cl)C(OC)C3)[C@H](C)[C@@H](O)CC1=O)C(C)CC2C. The van der Waals surface area contributed by atoms with Gasteiger partial charge >= 0.3 is 5.97 Å². The van der Waals surface area contributed by atoms with E-state index in [4.69, 9.17) is 30.5 Å². The number of aliphatic hydroxyl groups is 2. The molecule has 5 unspecified atom stereocenters. The fraction of sp³-hybridized carbons (Fsp3) is 0.814. The van der Waals surface area contributed by atoms with Crippen LogP contribution >= 0.6 is 11.6 Å². The van der Waals surface area contributed by atoms with E-state index in [-0.39, 0.29) is 54.4 Å². The van der Waals surface area contributed by atoms with Gasteiger partial charge in [0.25, 0.3) is 11.7 Å². The van der Waals surface area contributed by atoms with Crippen LogP contribution in [0.5, 0.6) is 0 Å². The Balaban J connectivity index is 1.75. The number of fused-ring (bicyclic) bond motifs is 3. The van der Waals surface area contributed by atoms with E-state index in [0.717, 1.165) is 18.4 Å². The van der Waals surface area contributed by atoms with Gasteiger partial charge in [-0.05, 0) is 101 Å². The average molecular weight is 794 g/mol. The Bertz CT molecular complexity index is 1420. The minimum atomic E-state index is -2.41. The summed E-state index contributed by atoms with van der Waals surface area (Å²) in [5.41, 5.74) is 1.74. The number of hydrogen-bond donors (Lipinski definition) is 2. The first-order valence-corrected chi connectivity index (χ1v) is 21.1. The van der Waals surface area contributed by atoms with Crippen LogP contribution in [0.3, 0.4) is 0 Å². The highest BCUT2D eigenvalue weighted by Crippen LogP contribution is 2.41. The van der Waals surface area contributed by atoms with Crippen molar-refractivity contribution in [3.8, 4) is 0 Å². The smallest absolute Gasteiger partial charge is 0.329 e. The summed E-state index contributed by atoms with van der Waals surface area (Å²) in [6.07, 6.45) is 6.50. The number of esters is 1. The lowest BCUT2D eigenvalue weighted by Gasteiger charge is -2.46. The highest BCUT2D eigenvalue weighted by molar-refractivity contribution is 6.39. The number of ether oxygens (including phenoxy) is 4. The normalized spacial score (nSPS) is 42.1. The molecule has 3 heterocycles. The largest absolute Gasteiger partial charge is 0.456 e. The van der Waals surface area contributed by atoms with Crippen LogP contribution in [0.4, 0.5) is 0 Å². The van der Waals surface area contributed by atoms with Gasteiger partial charge in [-0.2, -0.15) is 0 Å². The topological polar surface area (TPSA) is 149 Å². The summed E-state index contributed by atoms with van der Waals surface area (Å²) < 4.78 is 24.1. The fourth-order valence-corrected chi connectivity index (χ4v) is 9.84. The van der Waals surface area contributed by atoms with Gasteiger partial charge in [-0.15, -0.1) is 11.6 Å². The van der Waals surface area contributed by atoms with Crippen LogP contribution in [-0.2, 0) is 38.1 Å². The second kappa shape index (κ2) is 20.0. The molecule has 312 valence electrons. The number of carbonyl (C=O) groups excluding carboxylic acids is 4. The molecular weight excluding hydrogens is 726 g/mol. The number of allylic oxidation sites excluding steroid dienone is 3. The molecule has 0 spiro atoms. The van der Waals surface area contributed by atoms with Crippen LogP contribution < -0.4 is 0 Å². The maximum absolute atomic E-state index is 14.3. The summed E-state index contributed by atoms with van der Waals surface area (Å²) in [5, 5.41) is 23.5. The molecule has 2 saturated heterocycles. The molecule has 11 nitrogen and oxygen atoms in total. The quantitative estimate of drug-likeness (QED) is 0.140. The molecule has 0 aromatic heterocycles. The molecule has 55 heavy (non-hydrogen) atoms. The first kappa shape index (κ1) is 45.6. The maximum Gasteiger partial charge on any atom is 0.329 e. The van der Waals surface area contributed by atoms with Gasteiger partial charge < -0.3 is 34.1 Å². The van der Waals surface area contributed by atoms with Crippen molar-refractivity contribution >= 4 is 35.0 Å². The van der Waals surface area contributed by atoms with Crippen molar-refractivity contribution in [1.82, 2.24) is 4.90 Å². The van der Waals surface area contributed by atoms with E-state index in [0.29, 0.717) is 50.5 Å². The van der Waals surface area contributed by atoms with E-state index in [2.05, 4.69) is 13.0 Å². The second-order valence-electron chi connectivity index (χ2n) is 17.3. The van der Waals surface area contributed by atoms with Crippen LogP contribution in [0.15, 0.2) is 23.3 Å². The van der Waals surface area contributed by atoms with Gasteiger partial charge in [0.1, 0.15) is 17.9 Å². The van der Waals surface area contributed by atoms with Gasteiger partial charge in [0, 0.05) is 44.9 Å². The third-order valence-corrected chi connectivity index (χ3v) is 13.4. The number of nitrogens with zero attached hydrogens (tertiary/aromatic N) is 1. The number of piperidine rings is 1. The lowest BCUT2D eigenvalue weighted by molar-refractivity contribution is -0.290. The summed E-state index contributed by atoms with van der Waals surface area (Å²) in [5.74, 6) is -6.98. The van der Waals surface area contributed by atoms with Gasteiger partial charge in [-0.25, -0.2) is 4.79 Å². The van der Waals surface area contributed by atoms with Crippen LogP contribution in [0.1, 0.15) is 119 Å². The van der Waals surface area contributed by atoms with E-state index < -0.39 is 71.7 Å². The van der Waals surface area contributed by atoms with E-state index >= 15 is 0 Å². The molecule has 0 aromatic rings. The first-order valence-electron chi connectivity index (χ1n) is 20.7. The Morgan fingerprint density at radius 2 is 1.69 bits per heavy atom. The van der Waals surface area contributed by atoms with Crippen molar-refractivity contribution in [2.45, 2.75) is 167 Å². The number of rotatable bonds is 5. The molecule has 2 N–H and O–H groups in total. The number of Topliss-reactive ketones (excluding diaryl/α,β-unsaturated/α-hetero) is 2. The molecule has 12 heteroatoms. The number of ketones is 2. The minimum absolute atomic E-state index is 0.0830. The zero-order valence-corrected chi connectivity index (χ0v) is 35.4. The van der Waals surface area contributed by atoms with Crippen molar-refractivity contribution in [2.24, 2.45) is 35.5 Å². The maximum atomic E-state index is 14.3. The lowest BCUT2D eigenvalue weighted by atomic mass is 9.78. The molecule has 1 amide bonds. The molecule has 4 rings (SSSR count). The third-order valence-electron chi connectivity index (χ3n) is 12.9. The van der Waals surface area contributed by atoms with E-state index in [9.17, 15) is 29.4 Å². The summed E-state index contributed by atoms with van der Waals surface area (Å²) in [7, 11) is 3.22. The number of methoxy groups -OCH3 is 2. The molecule has 1 aliphatic carbocycles.